The van der Waals surface area contributed by atoms with Crippen LogP contribution in [0.4, 0.5) is 5.95 Å². The molecule has 8 heteroatoms. The molecule has 1 aromatic heterocycles. The number of sulfonamides is 1. The molecule has 0 atom stereocenters. The van der Waals surface area contributed by atoms with Crippen molar-refractivity contribution in [3.8, 4) is 5.88 Å². The van der Waals surface area contributed by atoms with E-state index in [0.29, 0.717) is 31.5 Å². The van der Waals surface area contributed by atoms with Gasteiger partial charge in [-0.25, -0.2) is 13.4 Å². The van der Waals surface area contributed by atoms with Crippen LogP contribution >= 0.6 is 0 Å². The van der Waals surface area contributed by atoms with Gasteiger partial charge < -0.3 is 10.1 Å². The van der Waals surface area contributed by atoms with E-state index >= 15 is 0 Å². The molecule has 0 aliphatic carbocycles. The third kappa shape index (κ3) is 3.32. The van der Waals surface area contributed by atoms with Gasteiger partial charge in [-0.15, -0.1) is 0 Å². The molecule has 19 heavy (non-hydrogen) atoms. The summed E-state index contributed by atoms with van der Waals surface area (Å²) in [7, 11) is -3.09. The molecule has 1 fully saturated rings. The van der Waals surface area contributed by atoms with E-state index in [4.69, 9.17) is 4.74 Å². The average molecular weight is 286 g/mol. The zero-order chi connectivity index (χ0) is 14.0. The maximum Gasteiger partial charge on any atom is 0.226 e. The lowest BCUT2D eigenvalue weighted by atomic mass is 10.2. The third-order valence-corrected chi connectivity index (χ3v) is 4.09. The van der Waals surface area contributed by atoms with Gasteiger partial charge >= 0.3 is 0 Å². The van der Waals surface area contributed by atoms with Crippen LogP contribution in [0.25, 0.3) is 0 Å². The van der Waals surface area contributed by atoms with E-state index in [-0.39, 0.29) is 6.04 Å². The molecule has 1 saturated heterocycles. The first-order valence-electron chi connectivity index (χ1n) is 6.08. The van der Waals surface area contributed by atoms with Crippen molar-refractivity contribution in [2.45, 2.75) is 19.9 Å². The molecule has 0 bridgehead atoms. The molecule has 0 amide bonds. The molecule has 0 saturated carbocycles. The molecule has 0 unspecified atom stereocenters. The largest absolute Gasteiger partial charge is 0.478 e. The summed E-state index contributed by atoms with van der Waals surface area (Å²) < 4.78 is 29.3. The van der Waals surface area contributed by atoms with E-state index in [9.17, 15) is 8.42 Å². The number of ether oxygens (including phenoxy) is 1. The Morgan fingerprint density at radius 2 is 2.21 bits per heavy atom. The molecule has 1 aromatic rings. The normalized spacial score (nSPS) is 17.0. The molecule has 1 N–H and O–H groups in total. The molecular weight excluding hydrogens is 268 g/mol. The summed E-state index contributed by atoms with van der Waals surface area (Å²) in [5, 5.41) is 3.10. The van der Waals surface area contributed by atoms with E-state index in [2.05, 4.69) is 15.3 Å². The number of nitrogens with one attached hydrogen (secondary N) is 1. The van der Waals surface area contributed by atoms with Gasteiger partial charge in [0.1, 0.15) is 0 Å². The Morgan fingerprint density at radius 3 is 2.79 bits per heavy atom. The van der Waals surface area contributed by atoms with Gasteiger partial charge in [0, 0.05) is 24.8 Å². The highest BCUT2D eigenvalue weighted by Gasteiger charge is 2.33. The zero-order valence-corrected chi connectivity index (χ0v) is 12.1. The zero-order valence-electron chi connectivity index (χ0n) is 11.3. The molecule has 0 radical (unpaired) electrons. The summed E-state index contributed by atoms with van der Waals surface area (Å²) in [6, 6.07) is 0.0481. The highest BCUT2D eigenvalue weighted by atomic mass is 32.2. The number of aryl methyl sites for hydroxylation is 1. The Bertz CT molecular complexity index is 555. The average Bonchev–Trinajstić information content (AvgIpc) is 2.25. The molecule has 1 aliphatic rings. The van der Waals surface area contributed by atoms with Gasteiger partial charge in [-0.3, -0.25) is 0 Å². The van der Waals surface area contributed by atoms with Crippen molar-refractivity contribution in [2.24, 2.45) is 0 Å². The summed E-state index contributed by atoms with van der Waals surface area (Å²) in [5.41, 5.74) is 0.874. The predicted octanol–water partition coefficient (Wildman–Crippen LogP) is 0.239. The lowest BCUT2D eigenvalue weighted by Gasteiger charge is -2.37. The second kappa shape index (κ2) is 5.30. The number of hydrogen-bond acceptors (Lipinski definition) is 6. The number of anilines is 1. The summed E-state index contributed by atoms with van der Waals surface area (Å²) in [4.78, 5) is 8.42. The van der Waals surface area contributed by atoms with Gasteiger partial charge in [0.25, 0.3) is 0 Å². The van der Waals surface area contributed by atoms with Crippen LogP contribution in [0.2, 0.25) is 0 Å². The maximum atomic E-state index is 11.2. The van der Waals surface area contributed by atoms with Crippen molar-refractivity contribution >= 4 is 16.0 Å². The first-order valence-corrected chi connectivity index (χ1v) is 7.93. The van der Waals surface area contributed by atoms with Crippen molar-refractivity contribution in [1.29, 1.82) is 0 Å². The van der Waals surface area contributed by atoms with E-state index in [1.165, 1.54) is 10.6 Å². The number of hydrogen-bond donors (Lipinski definition) is 1. The Labute approximate surface area is 113 Å². The highest BCUT2D eigenvalue weighted by Crippen LogP contribution is 2.19. The maximum absolute atomic E-state index is 11.2. The Morgan fingerprint density at radius 1 is 1.53 bits per heavy atom. The van der Waals surface area contributed by atoms with Crippen LogP contribution < -0.4 is 10.1 Å². The second-order valence-corrected chi connectivity index (χ2v) is 6.52. The van der Waals surface area contributed by atoms with E-state index < -0.39 is 10.0 Å². The Hall–Kier alpha value is -1.41. The molecule has 2 heterocycles. The van der Waals surface area contributed by atoms with E-state index in [0.717, 1.165) is 5.56 Å². The molecule has 1 aliphatic heterocycles. The minimum Gasteiger partial charge on any atom is -0.478 e. The number of rotatable bonds is 5. The minimum absolute atomic E-state index is 0.0481. The monoisotopic (exact) mass is 286 g/mol. The lowest BCUT2D eigenvalue weighted by molar-refractivity contribution is 0.281. The summed E-state index contributed by atoms with van der Waals surface area (Å²) >= 11 is 0. The SMILES string of the molecule is CCOc1nc(NC2CN(S(C)(=O)=O)C2)ncc1C. The van der Waals surface area contributed by atoms with Crippen LogP contribution in [0.15, 0.2) is 6.20 Å². The van der Waals surface area contributed by atoms with Crippen LogP contribution in [-0.4, -0.2) is 54.7 Å². The van der Waals surface area contributed by atoms with Crippen LogP contribution in [0.5, 0.6) is 5.88 Å². The second-order valence-electron chi connectivity index (χ2n) is 4.54. The predicted molar refractivity (Wildman–Crippen MR) is 71.8 cm³/mol. The van der Waals surface area contributed by atoms with Crippen LogP contribution in [0, 0.1) is 6.92 Å². The Kier molecular flexibility index (Phi) is 3.91. The van der Waals surface area contributed by atoms with Gasteiger partial charge in [0.05, 0.1) is 18.9 Å². The Balaban J connectivity index is 1.96. The highest BCUT2D eigenvalue weighted by molar-refractivity contribution is 7.88. The smallest absolute Gasteiger partial charge is 0.226 e. The van der Waals surface area contributed by atoms with E-state index in [1.807, 2.05) is 13.8 Å². The van der Waals surface area contributed by atoms with Gasteiger partial charge in [-0.2, -0.15) is 9.29 Å². The van der Waals surface area contributed by atoms with Crippen molar-refractivity contribution in [3.05, 3.63) is 11.8 Å². The number of nitrogens with zero attached hydrogens (tertiary/aromatic N) is 3. The van der Waals surface area contributed by atoms with E-state index in [1.54, 1.807) is 6.20 Å². The third-order valence-electron chi connectivity index (χ3n) is 2.86. The molecule has 2 rings (SSSR count). The lowest BCUT2D eigenvalue weighted by Crippen LogP contribution is -2.56. The number of aromatic nitrogens is 2. The molecule has 0 aromatic carbocycles. The molecule has 0 spiro atoms. The van der Waals surface area contributed by atoms with Gasteiger partial charge in [-0.1, -0.05) is 0 Å². The van der Waals surface area contributed by atoms with Crippen LogP contribution in [0.1, 0.15) is 12.5 Å². The van der Waals surface area contributed by atoms with Gasteiger partial charge in [-0.05, 0) is 13.8 Å². The standard InChI is InChI=1S/C11H18N4O3S/c1-4-18-10-8(2)5-12-11(14-10)13-9-6-15(7-9)19(3,16)17/h5,9H,4,6-7H2,1-3H3,(H,12,13,14). The first-order chi connectivity index (χ1) is 8.90. The van der Waals surface area contributed by atoms with Crippen molar-refractivity contribution in [2.75, 3.05) is 31.3 Å². The van der Waals surface area contributed by atoms with Crippen LogP contribution in [-0.2, 0) is 10.0 Å². The molecular formula is C11H18N4O3S. The minimum atomic E-state index is -3.09. The first kappa shape index (κ1) is 14.0. The summed E-state index contributed by atoms with van der Waals surface area (Å²) in [5.74, 6) is 1.02. The van der Waals surface area contributed by atoms with Crippen molar-refractivity contribution < 1.29 is 13.2 Å². The van der Waals surface area contributed by atoms with Crippen LogP contribution in [0.3, 0.4) is 0 Å². The summed E-state index contributed by atoms with van der Waals surface area (Å²) in [6.07, 6.45) is 2.89. The van der Waals surface area contributed by atoms with Crippen molar-refractivity contribution in [3.63, 3.8) is 0 Å². The fourth-order valence-electron chi connectivity index (χ4n) is 1.76. The quantitative estimate of drug-likeness (QED) is 0.834. The molecule has 106 valence electrons. The molecule has 7 nitrogen and oxygen atoms in total. The van der Waals surface area contributed by atoms with Crippen molar-refractivity contribution in [1.82, 2.24) is 14.3 Å². The van der Waals surface area contributed by atoms with Gasteiger partial charge in [0.15, 0.2) is 0 Å². The fourth-order valence-corrected chi connectivity index (χ4v) is 2.66. The fraction of sp³-hybridized carbons (Fsp3) is 0.636. The summed E-state index contributed by atoms with van der Waals surface area (Å²) in [6.45, 7) is 5.21. The van der Waals surface area contributed by atoms with Gasteiger partial charge in [0.2, 0.25) is 21.9 Å². The topological polar surface area (TPSA) is 84.4 Å².